The molecule has 0 saturated carbocycles. The number of hydrogen-bond donors (Lipinski definition) is 0. The van der Waals surface area contributed by atoms with Crippen LogP contribution in [0.15, 0.2) is 94.3 Å². The van der Waals surface area contributed by atoms with Gasteiger partial charge in [-0.25, -0.2) is 8.42 Å². The van der Waals surface area contributed by atoms with Crippen molar-refractivity contribution in [3.8, 4) is 28.2 Å². The third-order valence-electron chi connectivity index (χ3n) is 5.90. The third-order valence-corrected chi connectivity index (χ3v) is 8.72. The SMILES string of the molecule is CN(C)CCN(Cl)S(=O)(=O)c1ccc(-c2ccc(-c3ccc(Br)cc3)n2-c2ccccc2C(F)(F)F)cc1. The first-order valence-corrected chi connectivity index (χ1v) is 14.0. The summed E-state index contributed by atoms with van der Waals surface area (Å²) in [6, 6.07) is 22.0. The van der Waals surface area contributed by atoms with E-state index in [2.05, 4.69) is 15.9 Å². The fourth-order valence-electron chi connectivity index (χ4n) is 3.99. The van der Waals surface area contributed by atoms with Gasteiger partial charge in [-0.15, -0.1) is 3.82 Å². The quantitative estimate of drug-likeness (QED) is 0.193. The molecule has 0 saturated heterocycles. The molecule has 0 aliphatic rings. The lowest BCUT2D eigenvalue weighted by molar-refractivity contribution is -0.137. The minimum atomic E-state index is -4.58. The van der Waals surface area contributed by atoms with Crippen molar-refractivity contribution < 1.29 is 21.6 Å². The van der Waals surface area contributed by atoms with Gasteiger partial charge in [0, 0.05) is 17.6 Å². The summed E-state index contributed by atoms with van der Waals surface area (Å²) < 4.78 is 71.0. The molecule has 0 unspecified atom stereocenters. The maximum absolute atomic E-state index is 14.0. The minimum Gasteiger partial charge on any atom is -0.309 e. The van der Waals surface area contributed by atoms with Crippen molar-refractivity contribution in [1.82, 2.24) is 13.3 Å². The second kappa shape index (κ2) is 11.2. The van der Waals surface area contributed by atoms with Crippen LogP contribution < -0.4 is 0 Å². The Morgan fingerprint density at radius 3 is 1.87 bits per heavy atom. The van der Waals surface area contributed by atoms with Crippen LogP contribution in [0, 0.1) is 0 Å². The zero-order valence-corrected chi connectivity index (χ0v) is 23.6. The number of sulfonamides is 1. The van der Waals surface area contributed by atoms with Gasteiger partial charge in [-0.3, -0.25) is 0 Å². The van der Waals surface area contributed by atoms with E-state index in [1.54, 1.807) is 49.0 Å². The Labute approximate surface area is 233 Å². The van der Waals surface area contributed by atoms with Crippen LogP contribution in [0.3, 0.4) is 0 Å². The highest BCUT2D eigenvalue weighted by atomic mass is 79.9. The van der Waals surface area contributed by atoms with Crippen molar-refractivity contribution in [2.45, 2.75) is 11.1 Å². The second-order valence-electron chi connectivity index (χ2n) is 8.80. The van der Waals surface area contributed by atoms with Gasteiger partial charge in [-0.2, -0.15) is 13.2 Å². The Balaban J connectivity index is 1.83. The summed E-state index contributed by atoms with van der Waals surface area (Å²) in [5.41, 5.74) is 1.46. The number of alkyl halides is 3. The number of rotatable bonds is 8. The van der Waals surface area contributed by atoms with Crippen molar-refractivity contribution in [1.29, 1.82) is 0 Å². The lowest BCUT2D eigenvalue weighted by atomic mass is 10.1. The number of halogens is 5. The Kier molecular flexibility index (Phi) is 8.39. The van der Waals surface area contributed by atoms with Gasteiger partial charge in [0.1, 0.15) is 0 Å². The zero-order valence-electron chi connectivity index (χ0n) is 20.5. The van der Waals surface area contributed by atoms with E-state index in [-0.39, 0.29) is 17.1 Å². The molecular weight excluding hydrogens is 603 g/mol. The van der Waals surface area contributed by atoms with Gasteiger partial charge in [0.25, 0.3) is 10.0 Å². The van der Waals surface area contributed by atoms with Crippen molar-refractivity contribution in [2.24, 2.45) is 0 Å². The molecule has 0 aliphatic heterocycles. The summed E-state index contributed by atoms with van der Waals surface area (Å²) in [5, 5.41) is 0. The summed E-state index contributed by atoms with van der Waals surface area (Å²) in [6.45, 7) is 0.526. The molecule has 11 heteroatoms. The largest absolute Gasteiger partial charge is 0.418 e. The summed E-state index contributed by atoms with van der Waals surface area (Å²) in [5.74, 6) is 0. The third kappa shape index (κ3) is 6.00. The highest BCUT2D eigenvalue weighted by molar-refractivity contribution is 9.10. The molecule has 0 amide bonds. The molecule has 3 aromatic carbocycles. The van der Waals surface area contributed by atoms with E-state index in [1.807, 2.05) is 29.2 Å². The fourth-order valence-corrected chi connectivity index (χ4v) is 5.60. The first-order chi connectivity index (χ1) is 17.9. The molecule has 0 bridgehead atoms. The van der Waals surface area contributed by atoms with Gasteiger partial charge >= 0.3 is 6.18 Å². The topological polar surface area (TPSA) is 45.6 Å². The number of likely N-dealkylation sites (N-methyl/N-ethyl adjacent to an activating group) is 1. The smallest absolute Gasteiger partial charge is 0.309 e. The molecule has 5 nitrogen and oxygen atoms in total. The average Bonchev–Trinajstić information content (AvgIpc) is 3.32. The van der Waals surface area contributed by atoms with E-state index in [1.165, 1.54) is 24.3 Å². The van der Waals surface area contributed by atoms with Crippen LogP contribution in [-0.4, -0.2) is 48.9 Å². The van der Waals surface area contributed by atoms with Gasteiger partial charge in [0.05, 0.1) is 27.5 Å². The second-order valence-corrected chi connectivity index (χ2v) is 12.2. The molecule has 4 rings (SSSR count). The molecule has 1 heterocycles. The average molecular weight is 627 g/mol. The summed E-state index contributed by atoms with van der Waals surface area (Å²) in [7, 11) is -0.339. The minimum absolute atomic E-state index is 0.0167. The number of para-hydroxylation sites is 1. The molecule has 0 radical (unpaired) electrons. The van der Waals surface area contributed by atoms with Gasteiger partial charge in [0.2, 0.25) is 0 Å². The predicted molar refractivity (Wildman–Crippen MR) is 148 cm³/mol. The zero-order chi connectivity index (χ0) is 27.7. The van der Waals surface area contributed by atoms with Crippen LogP contribution in [0.1, 0.15) is 5.56 Å². The molecule has 0 aliphatic carbocycles. The van der Waals surface area contributed by atoms with Crippen LogP contribution in [0.5, 0.6) is 0 Å². The standard InChI is InChI=1S/C27H24BrClF3N3O2S/c1-33(2)17-18-34(29)38(36,37)22-13-9-20(10-14-22)25-16-15-24(19-7-11-21(28)12-8-19)35(25)26-6-4-3-5-23(26)27(30,31)32/h3-16H,17-18H2,1-2H3. The summed E-state index contributed by atoms with van der Waals surface area (Å²) in [6.07, 6.45) is -4.58. The van der Waals surface area contributed by atoms with E-state index in [0.29, 0.717) is 29.1 Å². The van der Waals surface area contributed by atoms with E-state index in [0.717, 1.165) is 14.4 Å². The Bertz CT molecular complexity index is 1520. The molecule has 1 aromatic heterocycles. The molecule has 0 N–H and O–H groups in total. The molecule has 0 spiro atoms. The van der Waals surface area contributed by atoms with Crippen LogP contribution >= 0.6 is 27.7 Å². The van der Waals surface area contributed by atoms with Crippen LogP contribution in [0.4, 0.5) is 13.2 Å². The van der Waals surface area contributed by atoms with Crippen LogP contribution in [0.25, 0.3) is 28.2 Å². The van der Waals surface area contributed by atoms with Crippen molar-refractivity contribution in [3.05, 3.63) is 95.0 Å². The Hall–Kier alpha value is -2.63. The van der Waals surface area contributed by atoms with Crippen LogP contribution in [-0.2, 0) is 16.2 Å². The van der Waals surface area contributed by atoms with Gasteiger partial charge in [-0.1, -0.05) is 52.3 Å². The van der Waals surface area contributed by atoms with E-state index in [4.69, 9.17) is 11.8 Å². The summed E-state index contributed by atoms with van der Waals surface area (Å²) in [4.78, 5) is 1.79. The highest BCUT2D eigenvalue weighted by Crippen LogP contribution is 2.39. The van der Waals surface area contributed by atoms with Crippen molar-refractivity contribution in [3.63, 3.8) is 0 Å². The maximum Gasteiger partial charge on any atom is 0.418 e. The first kappa shape index (κ1) is 28.4. The highest BCUT2D eigenvalue weighted by Gasteiger charge is 2.34. The van der Waals surface area contributed by atoms with Crippen LogP contribution in [0.2, 0.25) is 0 Å². The van der Waals surface area contributed by atoms with E-state index < -0.39 is 21.8 Å². The molecular formula is C27H24BrClF3N3O2S. The molecule has 0 atom stereocenters. The van der Waals surface area contributed by atoms with Crippen molar-refractivity contribution >= 4 is 37.7 Å². The number of hydrogen-bond acceptors (Lipinski definition) is 3. The molecule has 200 valence electrons. The van der Waals surface area contributed by atoms with Gasteiger partial charge in [-0.05, 0) is 85.5 Å². The Morgan fingerprint density at radius 1 is 0.816 bits per heavy atom. The van der Waals surface area contributed by atoms with Gasteiger partial charge < -0.3 is 9.47 Å². The monoisotopic (exact) mass is 625 g/mol. The molecule has 4 aromatic rings. The lowest BCUT2D eigenvalue weighted by Crippen LogP contribution is -2.29. The number of aromatic nitrogens is 1. The number of benzene rings is 3. The molecule has 38 heavy (non-hydrogen) atoms. The van der Waals surface area contributed by atoms with Crippen molar-refractivity contribution in [2.75, 3.05) is 27.2 Å². The summed E-state index contributed by atoms with van der Waals surface area (Å²) >= 11 is 9.45. The molecule has 0 fully saturated rings. The van der Waals surface area contributed by atoms with E-state index in [9.17, 15) is 21.6 Å². The predicted octanol–water partition coefficient (Wildman–Crippen LogP) is 7.30. The maximum atomic E-state index is 14.0. The normalized spacial score (nSPS) is 12.4. The van der Waals surface area contributed by atoms with E-state index >= 15 is 0 Å². The fraction of sp³-hybridized carbons (Fsp3) is 0.185. The lowest BCUT2D eigenvalue weighted by Gasteiger charge is -2.20. The Morgan fingerprint density at radius 2 is 1.34 bits per heavy atom. The number of nitrogens with zero attached hydrogens (tertiary/aromatic N) is 3. The van der Waals surface area contributed by atoms with Gasteiger partial charge in [0.15, 0.2) is 0 Å². The first-order valence-electron chi connectivity index (χ1n) is 11.5.